The van der Waals surface area contributed by atoms with E-state index in [9.17, 15) is 18.4 Å². The SMILES string of the molecule is Cc1ccc(-c2ccc(=O)n(CC(=O)N(C)Cc3ccc(OC(F)F)cc3)n2)s1. The first kappa shape index (κ1) is 20.7. The van der Waals surface area contributed by atoms with Crippen LogP contribution in [-0.4, -0.2) is 34.2 Å². The molecule has 0 aliphatic rings. The molecular weight excluding hydrogens is 400 g/mol. The van der Waals surface area contributed by atoms with Crippen molar-refractivity contribution in [1.29, 1.82) is 0 Å². The maximum atomic E-state index is 12.5. The van der Waals surface area contributed by atoms with E-state index in [1.54, 1.807) is 36.6 Å². The van der Waals surface area contributed by atoms with Crippen molar-refractivity contribution in [3.63, 3.8) is 0 Å². The summed E-state index contributed by atoms with van der Waals surface area (Å²) in [5.41, 5.74) is 1.01. The fourth-order valence-electron chi connectivity index (χ4n) is 2.65. The van der Waals surface area contributed by atoms with Crippen molar-refractivity contribution in [3.8, 4) is 16.3 Å². The third-order valence-electron chi connectivity index (χ3n) is 4.14. The topological polar surface area (TPSA) is 64.4 Å². The van der Waals surface area contributed by atoms with Crippen molar-refractivity contribution in [2.45, 2.75) is 26.6 Å². The molecule has 3 rings (SSSR count). The molecule has 0 saturated carbocycles. The van der Waals surface area contributed by atoms with E-state index in [1.165, 1.54) is 23.1 Å². The summed E-state index contributed by atoms with van der Waals surface area (Å²) in [6, 6.07) is 13.0. The number of aryl methyl sites for hydroxylation is 1. The molecule has 1 amide bonds. The Morgan fingerprint density at radius 1 is 1.17 bits per heavy atom. The van der Waals surface area contributed by atoms with Gasteiger partial charge in [-0.3, -0.25) is 9.59 Å². The fourth-order valence-corrected chi connectivity index (χ4v) is 3.49. The normalized spacial score (nSPS) is 10.9. The minimum Gasteiger partial charge on any atom is -0.435 e. The molecule has 3 aromatic rings. The summed E-state index contributed by atoms with van der Waals surface area (Å²) < 4.78 is 29.9. The van der Waals surface area contributed by atoms with Gasteiger partial charge in [-0.15, -0.1) is 11.3 Å². The Kier molecular flexibility index (Phi) is 6.38. The van der Waals surface area contributed by atoms with E-state index in [4.69, 9.17) is 0 Å². The van der Waals surface area contributed by atoms with Gasteiger partial charge in [-0.2, -0.15) is 13.9 Å². The number of hydrogen-bond donors (Lipinski definition) is 0. The highest BCUT2D eigenvalue weighted by atomic mass is 32.1. The first-order valence-corrected chi connectivity index (χ1v) is 9.56. The number of carbonyl (C=O) groups is 1. The van der Waals surface area contributed by atoms with E-state index >= 15 is 0 Å². The number of hydrogen-bond acceptors (Lipinski definition) is 5. The summed E-state index contributed by atoms with van der Waals surface area (Å²) in [5, 5.41) is 4.30. The predicted molar refractivity (Wildman–Crippen MR) is 106 cm³/mol. The van der Waals surface area contributed by atoms with Crippen LogP contribution in [0.25, 0.3) is 10.6 Å². The van der Waals surface area contributed by atoms with Crippen LogP contribution in [0.4, 0.5) is 8.78 Å². The number of alkyl halides is 2. The van der Waals surface area contributed by atoms with Crippen LogP contribution >= 0.6 is 11.3 Å². The van der Waals surface area contributed by atoms with Gasteiger partial charge < -0.3 is 9.64 Å². The maximum Gasteiger partial charge on any atom is 0.387 e. The third-order valence-corrected chi connectivity index (χ3v) is 5.16. The first-order chi connectivity index (χ1) is 13.8. The van der Waals surface area contributed by atoms with Crippen molar-refractivity contribution in [1.82, 2.24) is 14.7 Å². The molecular formula is C20H19F2N3O3S. The molecule has 0 saturated heterocycles. The summed E-state index contributed by atoms with van der Waals surface area (Å²) in [5.74, 6) is -0.249. The molecule has 0 radical (unpaired) electrons. The maximum absolute atomic E-state index is 12.5. The zero-order chi connectivity index (χ0) is 21.0. The Hall–Kier alpha value is -3.07. The molecule has 1 aromatic carbocycles. The lowest BCUT2D eigenvalue weighted by Crippen LogP contribution is -2.34. The van der Waals surface area contributed by atoms with Crippen LogP contribution in [0.2, 0.25) is 0 Å². The number of carbonyl (C=O) groups excluding carboxylic acids is 1. The molecule has 0 bridgehead atoms. The minimum atomic E-state index is -2.88. The Balaban J connectivity index is 1.67. The molecule has 0 aliphatic carbocycles. The summed E-state index contributed by atoms with van der Waals surface area (Å²) in [6.45, 7) is -0.842. The highest BCUT2D eigenvalue weighted by molar-refractivity contribution is 7.15. The zero-order valence-electron chi connectivity index (χ0n) is 15.8. The lowest BCUT2D eigenvalue weighted by atomic mass is 10.2. The van der Waals surface area contributed by atoms with Gasteiger partial charge in [-0.25, -0.2) is 4.68 Å². The van der Waals surface area contributed by atoms with Crippen molar-refractivity contribution >= 4 is 17.2 Å². The first-order valence-electron chi connectivity index (χ1n) is 8.74. The standard InChI is InChI=1S/C20H19F2N3O3S/c1-13-3-9-17(29-13)16-8-10-18(26)25(23-16)12-19(27)24(2)11-14-4-6-15(7-5-14)28-20(21)22/h3-10,20H,11-12H2,1-2H3. The van der Waals surface area contributed by atoms with Gasteiger partial charge in [-0.1, -0.05) is 12.1 Å². The van der Waals surface area contributed by atoms with Crippen molar-refractivity contribution in [3.05, 3.63) is 69.3 Å². The second-order valence-electron chi connectivity index (χ2n) is 6.40. The molecule has 0 unspecified atom stereocenters. The Bertz CT molecular complexity index is 1050. The van der Waals surface area contributed by atoms with Crippen LogP contribution in [0.15, 0.2) is 53.3 Å². The molecule has 9 heteroatoms. The van der Waals surface area contributed by atoms with Crippen LogP contribution in [0.3, 0.4) is 0 Å². The summed E-state index contributed by atoms with van der Waals surface area (Å²) in [7, 11) is 1.60. The lowest BCUT2D eigenvalue weighted by Gasteiger charge is -2.18. The summed E-state index contributed by atoms with van der Waals surface area (Å²) >= 11 is 1.56. The van der Waals surface area contributed by atoms with Crippen molar-refractivity contribution in [2.24, 2.45) is 0 Å². The molecule has 29 heavy (non-hydrogen) atoms. The highest BCUT2D eigenvalue weighted by Crippen LogP contribution is 2.25. The van der Waals surface area contributed by atoms with Crippen LogP contribution in [0, 0.1) is 6.92 Å². The van der Waals surface area contributed by atoms with Gasteiger partial charge in [0.1, 0.15) is 18.0 Å². The monoisotopic (exact) mass is 419 g/mol. The number of amides is 1. The average molecular weight is 419 g/mol. The Morgan fingerprint density at radius 2 is 1.90 bits per heavy atom. The van der Waals surface area contributed by atoms with Crippen LogP contribution in [0.5, 0.6) is 5.75 Å². The van der Waals surface area contributed by atoms with Crippen LogP contribution in [0.1, 0.15) is 10.4 Å². The second kappa shape index (κ2) is 8.95. The lowest BCUT2D eigenvalue weighted by molar-refractivity contribution is -0.131. The van der Waals surface area contributed by atoms with E-state index in [1.807, 2.05) is 19.1 Å². The third kappa shape index (κ3) is 5.47. The van der Waals surface area contributed by atoms with E-state index in [0.29, 0.717) is 5.69 Å². The molecule has 0 N–H and O–H groups in total. The van der Waals surface area contributed by atoms with Gasteiger partial charge in [0.25, 0.3) is 5.56 Å². The van der Waals surface area contributed by atoms with E-state index in [0.717, 1.165) is 20.0 Å². The molecule has 0 spiro atoms. The molecule has 2 heterocycles. The summed E-state index contributed by atoms with van der Waals surface area (Å²) in [4.78, 5) is 28.1. The Labute approximate surface area is 170 Å². The van der Waals surface area contributed by atoms with Gasteiger partial charge in [0.05, 0.1) is 4.88 Å². The number of ether oxygens (including phenoxy) is 1. The summed E-state index contributed by atoms with van der Waals surface area (Å²) in [6.07, 6.45) is 0. The van der Waals surface area contributed by atoms with Crippen molar-refractivity contribution < 1.29 is 18.3 Å². The molecule has 2 aromatic heterocycles. The van der Waals surface area contributed by atoms with Gasteiger partial charge in [0, 0.05) is 24.5 Å². The van der Waals surface area contributed by atoms with Crippen LogP contribution in [-0.2, 0) is 17.9 Å². The van der Waals surface area contributed by atoms with E-state index in [-0.39, 0.29) is 30.3 Å². The predicted octanol–water partition coefficient (Wildman–Crippen LogP) is 3.54. The number of aromatic nitrogens is 2. The number of rotatable bonds is 7. The van der Waals surface area contributed by atoms with Gasteiger partial charge >= 0.3 is 6.61 Å². The van der Waals surface area contributed by atoms with Gasteiger partial charge in [0.2, 0.25) is 5.91 Å². The number of nitrogens with zero attached hydrogens (tertiary/aromatic N) is 3. The number of thiophene rings is 1. The second-order valence-corrected chi connectivity index (χ2v) is 7.68. The quantitative estimate of drug-likeness (QED) is 0.588. The van der Waals surface area contributed by atoms with E-state index in [2.05, 4.69) is 9.84 Å². The highest BCUT2D eigenvalue weighted by Gasteiger charge is 2.14. The zero-order valence-corrected chi connectivity index (χ0v) is 16.7. The van der Waals surface area contributed by atoms with Crippen molar-refractivity contribution in [2.75, 3.05) is 7.05 Å². The van der Waals surface area contributed by atoms with Gasteiger partial charge in [0.15, 0.2) is 0 Å². The molecule has 0 aliphatic heterocycles. The molecule has 0 fully saturated rings. The van der Waals surface area contributed by atoms with Crippen LogP contribution < -0.4 is 10.3 Å². The number of halogens is 2. The average Bonchev–Trinajstić information content (AvgIpc) is 3.11. The van der Waals surface area contributed by atoms with Gasteiger partial charge in [-0.05, 0) is 42.8 Å². The minimum absolute atomic E-state index is 0.0501. The molecule has 0 atom stereocenters. The number of likely N-dealkylation sites (N-methyl/N-ethyl adjacent to an activating group) is 1. The molecule has 152 valence electrons. The fraction of sp³-hybridized carbons (Fsp3) is 0.250. The number of benzene rings is 1. The Morgan fingerprint density at radius 3 is 2.52 bits per heavy atom. The molecule has 6 nitrogen and oxygen atoms in total. The largest absolute Gasteiger partial charge is 0.435 e. The smallest absolute Gasteiger partial charge is 0.387 e. The van der Waals surface area contributed by atoms with E-state index < -0.39 is 6.61 Å².